The number of rotatable bonds is 4. The number of nitrogens with zero attached hydrogens (tertiary/aromatic N) is 3. The maximum Gasteiger partial charge on any atom is 0.128 e. The van der Waals surface area contributed by atoms with Crippen LogP contribution in [0.15, 0.2) is 40.9 Å². The molecule has 0 aliphatic carbocycles. The lowest BCUT2D eigenvalue weighted by Crippen LogP contribution is -2.48. The molecule has 5 nitrogen and oxygen atoms in total. The van der Waals surface area contributed by atoms with E-state index in [0.717, 1.165) is 50.1 Å². The van der Waals surface area contributed by atoms with Crippen molar-refractivity contribution in [3.8, 4) is 0 Å². The van der Waals surface area contributed by atoms with Crippen LogP contribution in [0.4, 0.5) is 5.82 Å². The van der Waals surface area contributed by atoms with Crippen LogP contribution in [0.2, 0.25) is 0 Å². The van der Waals surface area contributed by atoms with Crippen molar-refractivity contribution in [1.82, 2.24) is 9.88 Å². The predicted molar refractivity (Wildman–Crippen MR) is 83.3 cm³/mol. The van der Waals surface area contributed by atoms with E-state index in [9.17, 15) is 0 Å². The highest BCUT2D eigenvalue weighted by Crippen LogP contribution is 2.17. The zero-order chi connectivity index (χ0) is 14.7. The fourth-order valence-electron chi connectivity index (χ4n) is 2.72. The molecule has 2 N–H and O–H groups in total. The molecule has 1 unspecified atom stereocenters. The van der Waals surface area contributed by atoms with Crippen LogP contribution in [-0.2, 0) is 0 Å². The summed E-state index contributed by atoms with van der Waals surface area (Å²) in [5.41, 5.74) is 6.22. The minimum Gasteiger partial charge on any atom is -0.465 e. The molecule has 0 amide bonds. The van der Waals surface area contributed by atoms with Gasteiger partial charge >= 0.3 is 0 Å². The van der Waals surface area contributed by atoms with E-state index < -0.39 is 0 Å². The third-order valence-corrected chi connectivity index (χ3v) is 3.93. The van der Waals surface area contributed by atoms with Crippen molar-refractivity contribution < 1.29 is 4.42 Å². The molecule has 2 aromatic rings. The molecule has 0 aromatic carbocycles. The molecule has 1 saturated heterocycles. The van der Waals surface area contributed by atoms with Gasteiger partial charge in [-0.25, -0.2) is 4.98 Å². The Morgan fingerprint density at radius 1 is 1.19 bits per heavy atom. The van der Waals surface area contributed by atoms with Gasteiger partial charge < -0.3 is 15.1 Å². The summed E-state index contributed by atoms with van der Waals surface area (Å²) in [6, 6.07) is 9.93. The van der Waals surface area contributed by atoms with Crippen LogP contribution in [0.25, 0.3) is 0 Å². The molecule has 0 bridgehead atoms. The van der Waals surface area contributed by atoms with Gasteiger partial charge in [0.25, 0.3) is 0 Å². The minimum atomic E-state index is -0.0555. The van der Waals surface area contributed by atoms with E-state index in [1.807, 2.05) is 37.4 Å². The summed E-state index contributed by atoms with van der Waals surface area (Å²) in [7, 11) is 0. The molecule has 1 aliphatic rings. The number of anilines is 1. The van der Waals surface area contributed by atoms with E-state index in [0.29, 0.717) is 0 Å². The Labute approximate surface area is 125 Å². The van der Waals surface area contributed by atoms with Crippen molar-refractivity contribution in [2.45, 2.75) is 13.0 Å². The fraction of sp³-hybridized carbons (Fsp3) is 0.438. The molecule has 0 saturated carbocycles. The number of aryl methyl sites for hydroxylation is 1. The molecule has 1 aliphatic heterocycles. The first-order chi connectivity index (χ1) is 10.2. The molecule has 3 rings (SSSR count). The van der Waals surface area contributed by atoms with Gasteiger partial charge in [-0.15, -0.1) is 0 Å². The van der Waals surface area contributed by atoms with Crippen molar-refractivity contribution in [2.75, 3.05) is 37.6 Å². The number of pyridine rings is 1. The molecule has 1 atom stereocenters. The van der Waals surface area contributed by atoms with E-state index in [1.165, 1.54) is 0 Å². The van der Waals surface area contributed by atoms with Crippen molar-refractivity contribution in [1.29, 1.82) is 0 Å². The zero-order valence-corrected chi connectivity index (χ0v) is 12.4. The molecule has 0 spiro atoms. The topological polar surface area (TPSA) is 58.5 Å². The Morgan fingerprint density at radius 2 is 2.00 bits per heavy atom. The van der Waals surface area contributed by atoms with Gasteiger partial charge in [0.05, 0.1) is 6.04 Å². The van der Waals surface area contributed by atoms with Crippen molar-refractivity contribution in [3.63, 3.8) is 0 Å². The zero-order valence-electron chi connectivity index (χ0n) is 12.4. The highest BCUT2D eigenvalue weighted by atomic mass is 16.3. The second kappa shape index (κ2) is 6.28. The van der Waals surface area contributed by atoms with Gasteiger partial charge in [-0.2, -0.15) is 0 Å². The van der Waals surface area contributed by atoms with Gasteiger partial charge in [0, 0.05) is 38.9 Å². The molecular weight excluding hydrogens is 264 g/mol. The molecule has 21 heavy (non-hydrogen) atoms. The molecule has 5 heteroatoms. The van der Waals surface area contributed by atoms with E-state index in [-0.39, 0.29) is 6.04 Å². The van der Waals surface area contributed by atoms with E-state index in [1.54, 1.807) is 0 Å². The molecular formula is C16H22N4O. The summed E-state index contributed by atoms with van der Waals surface area (Å²) in [5.74, 6) is 2.85. The van der Waals surface area contributed by atoms with E-state index in [2.05, 4.69) is 20.9 Å². The fourth-order valence-corrected chi connectivity index (χ4v) is 2.72. The summed E-state index contributed by atoms with van der Waals surface area (Å²) in [6.07, 6.45) is 1.84. The second-order valence-electron chi connectivity index (χ2n) is 5.53. The number of hydrogen-bond acceptors (Lipinski definition) is 5. The summed E-state index contributed by atoms with van der Waals surface area (Å²) in [4.78, 5) is 9.12. The number of hydrogen-bond donors (Lipinski definition) is 1. The van der Waals surface area contributed by atoms with Gasteiger partial charge in [0.2, 0.25) is 0 Å². The van der Waals surface area contributed by atoms with Gasteiger partial charge in [0.1, 0.15) is 17.3 Å². The lowest BCUT2D eigenvalue weighted by molar-refractivity contribution is 0.233. The Bertz CT molecular complexity index is 561. The van der Waals surface area contributed by atoms with Crippen molar-refractivity contribution >= 4 is 5.82 Å². The quantitative estimate of drug-likeness (QED) is 0.929. The van der Waals surface area contributed by atoms with Crippen molar-refractivity contribution in [3.05, 3.63) is 48.0 Å². The summed E-state index contributed by atoms with van der Waals surface area (Å²) in [5, 5.41) is 0. The van der Waals surface area contributed by atoms with Crippen LogP contribution in [0.1, 0.15) is 17.6 Å². The molecule has 0 radical (unpaired) electrons. The first-order valence-electron chi connectivity index (χ1n) is 7.42. The minimum absolute atomic E-state index is 0.0555. The van der Waals surface area contributed by atoms with E-state index in [4.69, 9.17) is 10.2 Å². The Hall–Kier alpha value is -1.85. The lowest BCUT2D eigenvalue weighted by Gasteiger charge is -2.36. The Morgan fingerprint density at radius 3 is 2.62 bits per heavy atom. The maximum absolute atomic E-state index is 6.22. The average molecular weight is 286 g/mol. The summed E-state index contributed by atoms with van der Waals surface area (Å²) >= 11 is 0. The molecule has 112 valence electrons. The number of nitrogens with two attached hydrogens (primary N) is 1. The van der Waals surface area contributed by atoms with Gasteiger partial charge in [-0.1, -0.05) is 6.07 Å². The third kappa shape index (κ3) is 3.43. The molecule has 1 fully saturated rings. The Kier molecular flexibility index (Phi) is 4.22. The number of aromatic nitrogens is 1. The largest absolute Gasteiger partial charge is 0.465 e. The average Bonchev–Trinajstić information content (AvgIpc) is 2.96. The normalized spacial score (nSPS) is 17.9. The van der Waals surface area contributed by atoms with Crippen molar-refractivity contribution in [2.24, 2.45) is 5.73 Å². The first-order valence-corrected chi connectivity index (χ1v) is 7.42. The smallest absolute Gasteiger partial charge is 0.128 e. The van der Waals surface area contributed by atoms with Crippen LogP contribution in [0.5, 0.6) is 0 Å². The van der Waals surface area contributed by atoms with Crippen LogP contribution >= 0.6 is 0 Å². The summed E-state index contributed by atoms with van der Waals surface area (Å²) < 4.78 is 5.61. The van der Waals surface area contributed by atoms with Crippen LogP contribution in [0, 0.1) is 6.92 Å². The SMILES string of the molecule is Cc1ccc(C(N)CN2CCN(c3ccccn3)CC2)o1. The van der Waals surface area contributed by atoms with Gasteiger partial charge in [-0.3, -0.25) is 4.90 Å². The van der Waals surface area contributed by atoms with Gasteiger partial charge in [-0.05, 0) is 31.2 Å². The predicted octanol–water partition coefficient (Wildman–Crippen LogP) is 1.81. The van der Waals surface area contributed by atoms with Crippen LogP contribution in [0.3, 0.4) is 0 Å². The molecule has 3 heterocycles. The lowest BCUT2D eigenvalue weighted by atomic mass is 10.2. The van der Waals surface area contributed by atoms with E-state index >= 15 is 0 Å². The van der Waals surface area contributed by atoms with Gasteiger partial charge in [0.15, 0.2) is 0 Å². The maximum atomic E-state index is 6.22. The van der Waals surface area contributed by atoms with Crippen LogP contribution in [-0.4, -0.2) is 42.6 Å². The first kappa shape index (κ1) is 14.1. The highest BCUT2D eigenvalue weighted by molar-refractivity contribution is 5.38. The second-order valence-corrected chi connectivity index (χ2v) is 5.53. The summed E-state index contributed by atoms with van der Waals surface area (Å²) in [6.45, 7) is 6.76. The molecule has 2 aromatic heterocycles. The standard InChI is InChI=1S/C16H22N4O/c1-13-5-6-15(21-13)14(17)12-19-8-10-20(11-9-19)16-4-2-3-7-18-16/h2-7,14H,8-12,17H2,1H3. The monoisotopic (exact) mass is 286 g/mol. The Balaban J connectivity index is 1.52. The van der Waals surface area contributed by atoms with Crippen LogP contribution < -0.4 is 10.6 Å². The third-order valence-electron chi connectivity index (χ3n) is 3.93. The highest BCUT2D eigenvalue weighted by Gasteiger charge is 2.21. The number of piperazine rings is 1. The number of furan rings is 1.